The van der Waals surface area contributed by atoms with Crippen LogP contribution in [-0.2, 0) is 4.74 Å². The number of hydrogen-bond acceptors (Lipinski definition) is 3. The molecule has 1 aromatic heterocycles. The summed E-state index contributed by atoms with van der Waals surface area (Å²) in [6.45, 7) is 3.46. The molecule has 0 spiro atoms. The van der Waals surface area contributed by atoms with Gasteiger partial charge in [-0.05, 0) is 57.8 Å². The molecule has 0 bridgehead atoms. The van der Waals surface area contributed by atoms with E-state index < -0.39 is 5.97 Å². The number of aromatic nitrogens is 1. The number of benzene rings is 4. The van der Waals surface area contributed by atoms with Crippen molar-refractivity contribution in [2.45, 2.75) is 13.8 Å². The van der Waals surface area contributed by atoms with Crippen LogP contribution in [0.1, 0.15) is 29.1 Å². The van der Waals surface area contributed by atoms with Crippen LogP contribution in [0.15, 0.2) is 91.0 Å². The molecule has 0 aliphatic carbocycles. The molecule has 4 nitrogen and oxygen atoms in total. The van der Waals surface area contributed by atoms with Crippen LogP contribution in [-0.4, -0.2) is 23.1 Å². The van der Waals surface area contributed by atoms with E-state index in [4.69, 9.17) is 4.74 Å². The maximum absolute atomic E-state index is 12.8. The van der Waals surface area contributed by atoms with E-state index in [0.717, 1.165) is 38.2 Å². The van der Waals surface area contributed by atoms with Crippen LogP contribution in [0.3, 0.4) is 0 Å². The minimum Gasteiger partial charge on any atom is -0.461 e. The molecule has 0 amide bonds. The van der Waals surface area contributed by atoms with Gasteiger partial charge in [0.1, 0.15) is 5.69 Å². The van der Waals surface area contributed by atoms with Crippen molar-refractivity contribution in [1.29, 1.82) is 0 Å². The first-order valence-electron chi connectivity index (χ1n) is 11.0. The lowest BCUT2D eigenvalue weighted by molar-refractivity contribution is 0.0509. The van der Waals surface area contributed by atoms with E-state index in [1.165, 1.54) is 11.5 Å². The molecule has 4 aromatic carbocycles. The Morgan fingerprint density at radius 2 is 1.27 bits per heavy atom. The highest BCUT2D eigenvalue weighted by Gasteiger charge is 2.25. The van der Waals surface area contributed by atoms with Crippen molar-refractivity contribution in [3.05, 3.63) is 96.7 Å². The Bertz CT molecular complexity index is 1530. The first-order chi connectivity index (χ1) is 16.1. The Kier molecular flexibility index (Phi) is 5.27. The van der Waals surface area contributed by atoms with Gasteiger partial charge < -0.3 is 4.74 Å². The molecular formula is C29H23NO3. The molecule has 0 aliphatic heterocycles. The molecule has 0 saturated carbocycles. The van der Waals surface area contributed by atoms with Gasteiger partial charge >= 0.3 is 5.97 Å². The van der Waals surface area contributed by atoms with Gasteiger partial charge in [0, 0.05) is 12.5 Å². The molecule has 162 valence electrons. The van der Waals surface area contributed by atoms with Gasteiger partial charge in [0.05, 0.1) is 12.3 Å². The number of hydrogen-bond donors (Lipinski definition) is 0. The molecule has 0 saturated heterocycles. The summed E-state index contributed by atoms with van der Waals surface area (Å²) in [4.78, 5) is 25.7. The van der Waals surface area contributed by atoms with Gasteiger partial charge in [-0.1, -0.05) is 72.8 Å². The minimum atomic E-state index is -0.512. The fourth-order valence-corrected chi connectivity index (χ4v) is 4.39. The molecule has 33 heavy (non-hydrogen) atoms. The zero-order chi connectivity index (χ0) is 22.9. The third-order valence-electron chi connectivity index (χ3n) is 5.88. The van der Waals surface area contributed by atoms with Crippen LogP contribution in [0.25, 0.3) is 43.9 Å². The molecule has 0 unspecified atom stereocenters. The van der Waals surface area contributed by atoms with E-state index in [0.29, 0.717) is 5.69 Å². The van der Waals surface area contributed by atoms with Crippen LogP contribution >= 0.6 is 0 Å². The predicted octanol–water partition coefficient (Wildman–Crippen LogP) is 6.97. The van der Waals surface area contributed by atoms with E-state index in [1.54, 1.807) is 13.0 Å². The predicted molar refractivity (Wildman–Crippen MR) is 133 cm³/mol. The summed E-state index contributed by atoms with van der Waals surface area (Å²) in [5, 5.41) is 4.39. The van der Waals surface area contributed by atoms with Gasteiger partial charge in [0.15, 0.2) is 0 Å². The lowest BCUT2D eigenvalue weighted by Gasteiger charge is -2.13. The Balaban J connectivity index is 1.82. The van der Waals surface area contributed by atoms with E-state index in [1.807, 2.05) is 48.5 Å². The van der Waals surface area contributed by atoms with E-state index >= 15 is 0 Å². The van der Waals surface area contributed by atoms with Crippen LogP contribution < -0.4 is 0 Å². The van der Waals surface area contributed by atoms with Crippen molar-refractivity contribution < 1.29 is 14.3 Å². The largest absolute Gasteiger partial charge is 0.461 e. The first kappa shape index (κ1) is 20.7. The summed E-state index contributed by atoms with van der Waals surface area (Å²) in [5.74, 6) is -0.755. The topological polar surface area (TPSA) is 48.3 Å². The minimum absolute atomic E-state index is 0.232. The summed E-state index contributed by atoms with van der Waals surface area (Å²) < 4.78 is 6.77. The monoisotopic (exact) mass is 433 g/mol. The number of carbonyl (C=O) groups is 2. The Morgan fingerprint density at radius 3 is 1.85 bits per heavy atom. The SMILES string of the molecule is CCOC(=O)c1cc(-c2ccc3ccccc3c2)c(-c2ccc3ccccc3c2)n1C(C)=O. The van der Waals surface area contributed by atoms with E-state index in [2.05, 4.69) is 36.4 Å². The van der Waals surface area contributed by atoms with Crippen molar-refractivity contribution in [2.75, 3.05) is 6.61 Å². The van der Waals surface area contributed by atoms with Crippen LogP contribution in [0.5, 0.6) is 0 Å². The van der Waals surface area contributed by atoms with Crippen molar-refractivity contribution >= 4 is 33.4 Å². The molecule has 1 heterocycles. The number of ether oxygens (including phenoxy) is 1. The van der Waals surface area contributed by atoms with Crippen molar-refractivity contribution in [1.82, 2.24) is 4.57 Å². The van der Waals surface area contributed by atoms with Gasteiger partial charge in [-0.15, -0.1) is 0 Å². The Morgan fingerprint density at radius 1 is 0.727 bits per heavy atom. The standard InChI is InChI=1S/C29H23NO3/c1-3-33-29(32)27-18-26(24-14-12-20-8-4-6-10-22(20)16-24)28(30(27)19(2)31)25-15-13-21-9-5-7-11-23(21)17-25/h4-18H,3H2,1-2H3. The highest BCUT2D eigenvalue weighted by Crippen LogP contribution is 2.38. The second kappa shape index (κ2) is 8.40. The third kappa shape index (κ3) is 3.70. The number of rotatable bonds is 4. The fraction of sp³-hybridized carbons (Fsp3) is 0.103. The lowest BCUT2D eigenvalue weighted by atomic mass is 9.97. The molecule has 0 radical (unpaired) electrons. The molecule has 0 fully saturated rings. The van der Waals surface area contributed by atoms with Gasteiger partial charge in [-0.2, -0.15) is 0 Å². The number of esters is 1. The third-order valence-corrected chi connectivity index (χ3v) is 5.88. The second-order valence-corrected chi connectivity index (χ2v) is 7.99. The number of fused-ring (bicyclic) bond motifs is 2. The smallest absolute Gasteiger partial charge is 0.355 e. The van der Waals surface area contributed by atoms with E-state index in [-0.39, 0.29) is 18.2 Å². The second-order valence-electron chi connectivity index (χ2n) is 7.99. The molecular weight excluding hydrogens is 410 g/mol. The molecule has 4 heteroatoms. The van der Waals surface area contributed by atoms with Crippen molar-refractivity contribution in [3.8, 4) is 22.4 Å². The van der Waals surface area contributed by atoms with Crippen molar-refractivity contribution in [2.24, 2.45) is 0 Å². The summed E-state index contributed by atoms with van der Waals surface area (Å²) in [6.07, 6.45) is 0. The Labute approximate surface area is 192 Å². The average Bonchev–Trinajstić information content (AvgIpc) is 3.25. The zero-order valence-electron chi connectivity index (χ0n) is 18.5. The lowest BCUT2D eigenvalue weighted by Crippen LogP contribution is -2.17. The molecule has 5 aromatic rings. The highest BCUT2D eigenvalue weighted by molar-refractivity contribution is 6.03. The molecule has 0 aliphatic rings. The van der Waals surface area contributed by atoms with Crippen LogP contribution in [0.2, 0.25) is 0 Å². The fourth-order valence-electron chi connectivity index (χ4n) is 4.39. The highest BCUT2D eigenvalue weighted by atomic mass is 16.5. The quantitative estimate of drug-likeness (QED) is 0.288. The van der Waals surface area contributed by atoms with Crippen LogP contribution in [0.4, 0.5) is 0 Å². The maximum Gasteiger partial charge on any atom is 0.355 e. The summed E-state index contributed by atoms with van der Waals surface area (Å²) in [6, 6.07) is 30.3. The maximum atomic E-state index is 12.8. The zero-order valence-corrected chi connectivity index (χ0v) is 18.5. The molecule has 0 atom stereocenters. The summed E-state index contributed by atoms with van der Waals surface area (Å²) >= 11 is 0. The molecule has 0 N–H and O–H groups in total. The number of nitrogens with zero attached hydrogens (tertiary/aromatic N) is 1. The average molecular weight is 434 g/mol. The normalized spacial score (nSPS) is 11.1. The summed E-state index contributed by atoms with van der Waals surface area (Å²) in [5.41, 5.74) is 3.53. The van der Waals surface area contributed by atoms with Gasteiger partial charge in [-0.3, -0.25) is 9.36 Å². The number of carbonyl (C=O) groups excluding carboxylic acids is 2. The summed E-state index contributed by atoms with van der Waals surface area (Å²) in [7, 11) is 0. The Hall–Kier alpha value is -4.18. The first-order valence-corrected chi connectivity index (χ1v) is 11.0. The van der Waals surface area contributed by atoms with Crippen molar-refractivity contribution in [3.63, 3.8) is 0 Å². The van der Waals surface area contributed by atoms with Crippen LogP contribution in [0, 0.1) is 0 Å². The molecule has 5 rings (SSSR count). The van der Waals surface area contributed by atoms with Gasteiger partial charge in [0.25, 0.3) is 0 Å². The van der Waals surface area contributed by atoms with Gasteiger partial charge in [0.2, 0.25) is 5.91 Å². The van der Waals surface area contributed by atoms with Gasteiger partial charge in [-0.25, -0.2) is 4.79 Å². The van der Waals surface area contributed by atoms with E-state index in [9.17, 15) is 9.59 Å².